The quantitative estimate of drug-likeness (QED) is 0.433. The Labute approximate surface area is 200 Å². The van der Waals surface area contributed by atoms with Gasteiger partial charge in [-0.25, -0.2) is 0 Å². The molecule has 0 atom stereocenters. The van der Waals surface area contributed by atoms with E-state index in [4.69, 9.17) is 21.1 Å². The molecule has 0 saturated carbocycles. The fourth-order valence-corrected chi connectivity index (χ4v) is 3.52. The van der Waals surface area contributed by atoms with E-state index in [0.717, 1.165) is 26.7 Å². The van der Waals surface area contributed by atoms with Gasteiger partial charge in [0, 0.05) is 5.02 Å². The molecule has 166 valence electrons. The summed E-state index contributed by atoms with van der Waals surface area (Å²) in [7, 11) is 0. The van der Waals surface area contributed by atoms with Crippen LogP contribution in [0.4, 0.5) is 0 Å². The number of halogens is 2. The first-order valence-electron chi connectivity index (χ1n) is 9.78. The van der Waals surface area contributed by atoms with Gasteiger partial charge in [-0.2, -0.15) is 0 Å². The molecule has 0 aromatic heterocycles. The van der Waals surface area contributed by atoms with Gasteiger partial charge < -0.3 is 9.47 Å². The molecular formula is C24H22BrClN2O4. The van der Waals surface area contributed by atoms with Crippen LogP contribution < -0.4 is 20.3 Å². The van der Waals surface area contributed by atoms with Gasteiger partial charge >= 0.3 is 0 Å². The molecule has 0 aliphatic carbocycles. The van der Waals surface area contributed by atoms with Gasteiger partial charge in [-0.05, 0) is 76.3 Å². The first-order chi connectivity index (χ1) is 15.3. The van der Waals surface area contributed by atoms with E-state index in [1.807, 2.05) is 56.3 Å². The van der Waals surface area contributed by atoms with Gasteiger partial charge in [0.25, 0.3) is 11.8 Å². The number of ether oxygens (including phenoxy) is 2. The highest BCUT2D eigenvalue weighted by molar-refractivity contribution is 9.10. The maximum Gasteiger partial charge on any atom is 0.276 e. The summed E-state index contributed by atoms with van der Waals surface area (Å²) in [5, 5.41) is 0.662. The third-order valence-electron chi connectivity index (χ3n) is 4.52. The van der Waals surface area contributed by atoms with Crippen molar-refractivity contribution in [3.8, 4) is 22.6 Å². The number of rotatable bonds is 7. The largest absolute Gasteiger partial charge is 0.484 e. The molecule has 32 heavy (non-hydrogen) atoms. The van der Waals surface area contributed by atoms with Gasteiger partial charge in [-0.1, -0.05) is 48.0 Å². The van der Waals surface area contributed by atoms with Crippen molar-refractivity contribution in [2.45, 2.75) is 13.8 Å². The molecule has 2 N–H and O–H groups in total. The summed E-state index contributed by atoms with van der Waals surface area (Å²) in [6.07, 6.45) is 0. The van der Waals surface area contributed by atoms with Gasteiger partial charge in [0.2, 0.25) is 0 Å². The fourth-order valence-electron chi connectivity index (χ4n) is 2.92. The van der Waals surface area contributed by atoms with E-state index in [1.165, 1.54) is 0 Å². The van der Waals surface area contributed by atoms with Crippen LogP contribution in [0.2, 0.25) is 5.02 Å². The highest BCUT2D eigenvalue weighted by Crippen LogP contribution is 2.30. The topological polar surface area (TPSA) is 76.7 Å². The number of hydrogen-bond donors (Lipinski definition) is 2. The SMILES string of the molecule is Cc1cc(OCC(=O)NNC(=O)COc2ccc(-c3ccccc3)cc2Br)cc(C)c1Cl. The van der Waals surface area contributed by atoms with E-state index in [0.29, 0.717) is 16.5 Å². The van der Waals surface area contributed by atoms with E-state index < -0.39 is 11.8 Å². The molecule has 0 aliphatic rings. The predicted molar refractivity (Wildman–Crippen MR) is 128 cm³/mol. The average molecular weight is 518 g/mol. The molecule has 0 radical (unpaired) electrons. The number of nitrogens with one attached hydrogen (secondary N) is 2. The van der Waals surface area contributed by atoms with Gasteiger partial charge in [0.05, 0.1) is 4.47 Å². The van der Waals surface area contributed by atoms with Crippen LogP contribution in [0.3, 0.4) is 0 Å². The van der Waals surface area contributed by atoms with Crippen molar-refractivity contribution in [1.29, 1.82) is 0 Å². The van der Waals surface area contributed by atoms with Crippen LogP contribution in [0.5, 0.6) is 11.5 Å². The maximum absolute atomic E-state index is 12.0. The highest BCUT2D eigenvalue weighted by atomic mass is 79.9. The summed E-state index contributed by atoms with van der Waals surface area (Å²) in [5.74, 6) is 0.0357. The molecule has 0 saturated heterocycles. The lowest BCUT2D eigenvalue weighted by Crippen LogP contribution is -2.45. The second kappa shape index (κ2) is 11.0. The number of benzene rings is 3. The normalized spacial score (nSPS) is 10.4. The van der Waals surface area contributed by atoms with Crippen LogP contribution in [0.25, 0.3) is 11.1 Å². The smallest absolute Gasteiger partial charge is 0.276 e. The number of hydrazine groups is 1. The predicted octanol–water partition coefficient (Wildman–Crippen LogP) is 4.99. The fraction of sp³-hybridized carbons (Fsp3) is 0.167. The second-order valence-electron chi connectivity index (χ2n) is 7.06. The molecule has 0 heterocycles. The molecule has 3 rings (SSSR count). The summed E-state index contributed by atoms with van der Waals surface area (Å²) in [6.45, 7) is 3.19. The van der Waals surface area contributed by atoms with Crippen LogP contribution in [0.15, 0.2) is 65.1 Å². The molecule has 8 heteroatoms. The lowest BCUT2D eigenvalue weighted by molar-refractivity contribution is -0.131. The van der Waals surface area contributed by atoms with Crippen molar-refractivity contribution in [2.75, 3.05) is 13.2 Å². The molecule has 0 bridgehead atoms. The molecule has 0 fully saturated rings. The summed E-state index contributed by atoms with van der Waals surface area (Å²) in [4.78, 5) is 23.9. The molecule has 2 amide bonds. The van der Waals surface area contributed by atoms with Crippen molar-refractivity contribution in [1.82, 2.24) is 10.9 Å². The summed E-state index contributed by atoms with van der Waals surface area (Å²) >= 11 is 9.58. The van der Waals surface area contributed by atoms with E-state index in [2.05, 4.69) is 26.8 Å². The van der Waals surface area contributed by atoms with Crippen LogP contribution in [-0.4, -0.2) is 25.0 Å². The minimum Gasteiger partial charge on any atom is -0.484 e. The number of amides is 2. The average Bonchev–Trinajstić information content (AvgIpc) is 2.79. The Kier molecular flexibility index (Phi) is 8.14. The lowest BCUT2D eigenvalue weighted by atomic mass is 10.1. The highest BCUT2D eigenvalue weighted by Gasteiger charge is 2.10. The Balaban J connectivity index is 1.43. The Morgan fingerprint density at radius 3 is 2.03 bits per heavy atom. The first-order valence-corrected chi connectivity index (χ1v) is 11.0. The number of carbonyl (C=O) groups excluding carboxylic acids is 2. The van der Waals surface area contributed by atoms with Gasteiger partial charge in [-0.15, -0.1) is 0 Å². The van der Waals surface area contributed by atoms with Crippen molar-refractivity contribution >= 4 is 39.3 Å². The molecule has 3 aromatic carbocycles. The summed E-state index contributed by atoms with van der Waals surface area (Å²) in [6, 6.07) is 19.0. The molecule has 3 aromatic rings. The number of hydrogen-bond acceptors (Lipinski definition) is 4. The maximum atomic E-state index is 12.0. The number of carbonyl (C=O) groups is 2. The zero-order chi connectivity index (χ0) is 23.1. The molecule has 6 nitrogen and oxygen atoms in total. The zero-order valence-electron chi connectivity index (χ0n) is 17.6. The van der Waals surface area contributed by atoms with E-state index in [1.54, 1.807) is 18.2 Å². The molecule has 0 unspecified atom stereocenters. The minimum atomic E-state index is -0.504. The standard InChI is InChI=1S/C24H22BrClN2O4/c1-15-10-19(11-16(2)24(15)26)31-13-22(29)27-28-23(30)14-32-21-9-8-18(12-20(21)25)17-6-4-3-5-7-17/h3-12H,13-14H2,1-2H3,(H,27,29)(H,28,30). The zero-order valence-corrected chi connectivity index (χ0v) is 19.9. The summed E-state index contributed by atoms with van der Waals surface area (Å²) < 4.78 is 11.7. The first kappa shape index (κ1) is 23.6. The van der Waals surface area contributed by atoms with Crippen LogP contribution in [-0.2, 0) is 9.59 Å². The Hall–Kier alpha value is -3.03. The van der Waals surface area contributed by atoms with Crippen molar-refractivity contribution in [3.05, 3.63) is 81.3 Å². The summed E-state index contributed by atoms with van der Waals surface area (Å²) in [5.41, 5.74) is 8.40. The van der Waals surface area contributed by atoms with Crippen molar-refractivity contribution in [3.63, 3.8) is 0 Å². The molecule has 0 aliphatic heterocycles. The van der Waals surface area contributed by atoms with E-state index in [9.17, 15) is 9.59 Å². The third kappa shape index (κ3) is 6.48. The Morgan fingerprint density at radius 2 is 1.44 bits per heavy atom. The van der Waals surface area contributed by atoms with Gasteiger partial charge in [0.15, 0.2) is 13.2 Å². The Morgan fingerprint density at radius 1 is 0.844 bits per heavy atom. The van der Waals surface area contributed by atoms with Crippen LogP contribution in [0.1, 0.15) is 11.1 Å². The minimum absolute atomic E-state index is 0.256. The Bertz CT molecular complexity index is 1100. The molecular weight excluding hydrogens is 496 g/mol. The van der Waals surface area contributed by atoms with Gasteiger partial charge in [0.1, 0.15) is 11.5 Å². The van der Waals surface area contributed by atoms with Crippen LogP contribution in [0, 0.1) is 13.8 Å². The van der Waals surface area contributed by atoms with Gasteiger partial charge in [-0.3, -0.25) is 20.4 Å². The number of aryl methyl sites for hydroxylation is 2. The van der Waals surface area contributed by atoms with E-state index >= 15 is 0 Å². The monoisotopic (exact) mass is 516 g/mol. The van der Waals surface area contributed by atoms with Crippen molar-refractivity contribution in [2.24, 2.45) is 0 Å². The molecule has 0 spiro atoms. The van der Waals surface area contributed by atoms with Crippen LogP contribution >= 0.6 is 27.5 Å². The third-order valence-corrected chi connectivity index (χ3v) is 5.73. The lowest BCUT2D eigenvalue weighted by Gasteiger charge is -2.12. The van der Waals surface area contributed by atoms with E-state index in [-0.39, 0.29) is 13.2 Å². The van der Waals surface area contributed by atoms with Crippen molar-refractivity contribution < 1.29 is 19.1 Å². The second-order valence-corrected chi connectivity index (χ2v) is 8.29.